The first-order valence-corrected chi connectivity index (χ1v) is 15.5. The number of benzene rings is 1. The number of ether oxygens (including phenoxy) is 1. The molecule has 0 spiro atoms. The average Bonchev–Trinajstić information content (AvgIpc) is 3.53. The van der Waals surface area contributed by atoms with Crippen LogP contribution < -0.4 is 11.1 Å². The van der Waals surface area contributed by atoms with Gasteiger partial charge in [-0.25, -0.2) is 19.2 Å². The number of hydrogen-bond acceptors (Lipinski definition) is 9. The van der Waals surface area contributed by atoms with Gasteiger partial charge in [0.1, 0.15) is 6.04 Å². The maximum absolute atomic E-state index is 13.7. The highest BCUT2D eigenvalue weighted by atomic mass is 19.4. The van der Waals surface area contributed by atoms with Crippen LogP contribution in [0.3, 0.4) is 0 Å². The zero-order valence-electron chi connectivity index (χ0n) is 27.3. The van der Waals surface area contributed by atoms with E-state index in [1.165, 1.54) is 19.2 Å². The number of carboxylic acid groups (broad SMARTS) is 3. The van der Waals surface area contributed by atoms with Crippen molar-refractivity contribution in [2.75, 3.05) is 51.7 Å². The van der Waals surface area contributed by atoms with E-state index in [0.717, 1.165) is 25.7 Å². The van der Waals surface area contributed by atoms with Gasteiger partial charge in [0.15, 0.2) is 0 Å². The van der Waals surface area contributed by atoms with Gasteiger partial charge >= 0.3 is 36.4 Å². The number of carbonyl (C=O) groups is 6. The van der Waals surface area contributed by atoms with Gasteiger partial charge in [0.2, 0.25) is 11.8 Å². The van der Waals surface area contributed by atoms with Crippen molar-refractivity contribution in [3.05, 3.63) is 29.8 Å². The molecule has 3 fully saturated rings. The fraction of sp³-hybridized carbons (Fsp3) is 0.600. The van der Waals surface area contributed by atoms with Crippen LogP contribution in [-0.2, 0) is 23.9 Å². The zero-order chi connectivity index (χ0) is 38.7. The van der Waals surface area contributed by atoms with Crippen molar-refractivity contribution in [1.82, 2.24) is 14.7 Å². The molecule has 51 heavy (non-hydrogen) atoms. The number of anilines is 1. The largest absolute Gasteiger partial charge is 0.490 e. The third-order valence-corrected chi connectivity index (χ3v) is 8.54. The van der Waals surface area contributed by atoms with Crippen molar-refractivity contribution in [2.45, 2.75) is 56.5 Å². The molecule has 0 aromatic heterocycles. The Morgan fingerprint density at radius 2 is 1.33 bits per heavy atom. The molecule has 3 amide bonds. The summed E-state index contributed by atoms with van der Waals surface area (Å²) in [5.41, 5.74) is 6.45. The number of methoxy groups -OCH3 is 1. The molecule has 1 saturated carbocycles. The summed E-state index contributed by atoms with van der Waals surface area (Å²) < 4.78 is 68.3. The molecule has 1 aromatic rings. The summed E-state index contributed by atoms with van der Waals surface area (Å²) in [5, 5.41) is 26.3. The van der Waals surface area contributed by atoms with Crippen LogP contribution in [0.2, 0.25) is 0 Å². The van der Waals surface area contributed by atoms with Crippen LogP contribution in [0.4, 0.5) is 36.8 Å². The van der Waals surface area contributed by atoms with Crippen LogP contribution >= 0.6 is 0 Å². The molecule has 3 aliphatic rings. The van der Waals surface area contributed by atoms with Crippen molar-refractivity contribution >= 4 is 41.5 Å². The minimum atomic E-state index is -5.08. The molecule has 15 nitrogen and oxygen atoms in total. The van der Waals surface area contributed by atoms with E-state index < -0.39 is 36.3 Å². The molecule has 2 heterocycles. The van der Waals surface area contributed by atoms with Gasteiger partial charge in [-0.3, -0.25) is 14.5 Å². The molecule has 4 rings (SSSR count). The molecule has 21 heteroatoms. The van der Waals surface area contributed by atoms with Crippen LogP contribution in [0, 0.1) is 11.8 Å². The summed E-state index contributed by atoms with van der Waals surface area (Å²) in [5.74, 6) is -6.46. The van der Waals surface area contributed by atoms with Gasteiger partial charge in [0.25, 0.3) is 0 Å². The number of nitrogens with two attached hydrogens (primary N) is 1. The standard InChI is InChI=1S/C26H37N5O6.2C2HF3O2/c1-37-26(36)30-12-10-29(11-13-30)21-14-22(23(32)28-20-8-6-19(7-9-20)25(34)35)31(16-21)24(33)18-4-2-17(15-27)3-5-18;2*3-2(4,5)1(6)7/h6-9,17-18,21-22H,2-5,10-16,27H2,1H3,(H,28,32)(H,34,35);2*(H,6,7)/t17-,18-,21-,22-;;/m0../s1. The Morgan fingerprint density at radius 1 is 0.843 bits per heavy atom. The number of piperazine rings is 1. The topological polar surface area (TPSA) is 220 Å². The molecule has 1 aromatic carbocycles. The van der Waals surface area contributed by atoms with Gasteiger partial charge in [0, 0.05) is 50.4 Å². The lowest BCUT2D eigenvalue weighted by atomic mass is 9.81. The van der Waals surface area contributed by atoms with Gasteiger partial charge in [-0.2, -0.15) is 26.3 Å². The highest BCUT2D eigenvalue weighted by Gasteiger charge is 2.45. The van der Waals surface area contributed by atoms with Crippen LogP contribution in [0.25, 0.3) is 0 Å². The highest BCUT2D eigenvalue weighted by molar-refractivity contribution is 5.98. The fourth-order valence-corrected chi connectivity index (χ4v) is 5.77. The maximum atomic E-state index is 13.7. The highest BCUT2D eigenvalue weighted by Crippen LogP contribution is 2.33. The lowest BCUT2D eigenvalue weighted by Crippen LogP contribution is -2.52. The number of hydrogen-bond donors (Lipinski definition) is 5. The van der Waals surface area contributed by atoms with Crippen molar-refractivity contribution in [2.24, 2.45) is 17.6 Å². The Morgan fingerprint density at radius 3 is 1.75 bits per heavy atom. The monoisotopic (exact) mass is 743 g/mol. The molecule has 0 unspecified atom stereocenters. The molecule has 2 aliphatic heterocycles. The minimum Gasteiger partial charge on any atom is -0.478 e. The van der Waals surface area contributed by atoms with Gasteiger partial charge in [0.05, 0.1) is 12.7 Å². The predicted octanol–water partition coefficient (Wildman–Crippen LogP) is 2.71. The summed E-state index contributed by atoms with van der Waals surface area (Å²) in [6.07, 6.45) is -6.60. The summed E-state index contributed by atoms with van der Waals surface area (Å²) in [7, 11) is 1.37. The van der Waals surface area contributed by atoms with Crippen LogP contribution in [-0.4, -0.2) is 137 Å². The van der Waals surface area contributed by atoms with E-state index in [1.54, 1.807) is 21.9 Å². The van der Waals surface area contributed by atoms with Crippen molar-refractivity contribution in [1.29, 1.82) is 0 Å². The van der Waals surface area contributed by atoms with Gasteiger partial charge < -0.3 is 40.9 Å². The second-order valence-electron chi connectivity index (χ2n) is 11.8. The van der Waals surface area contributed by atoms with Crippen LogP contribution in [0.15, 0.2) is 24.3 Å². The van der Waals surface area contributed by atoms with E-state index in [0.29, 0.717) is 57.3 Å². The normalized spacial score (nSPS) is 22.4. The summed E-state index contributed by atoms with van der Waals surface area (Å²) in [6, 6.07) is 5.38. The van der Waals surface area contributed by atoms with Crippen molar-refractivity contribution in [3.63, 3.8) is 0 Å². The quantitative estimate of drug-likeness (QED) is 0.266. The molecule has 286 valence electrons. The number of carbonyl (C=O) groups excluding carboxylic acids is 3. The van der Waals surface area contributed by atoms with Crippen molar-refractivity contribution < 1.29 is 75.2 Å². The van der Waals surface area contributed by atoms with Crippen LogP contribution in [0.5, 0.6) is 0 Å². The predicted molar refractivity (Wildman–Crippen MR) is 163 cm³/mol. The fourth-order valence-electron chi connectivity index (χ4n) is 5.77. The SMILES string of the molecule is COC(=O)N1CCN([C@H]2C[C@@H](C(=O)Nc3ccc(C(=O)O)cc3)N(C(=O)[C@H]3CC[C@H](CN)CC3)C2)CC1.O=C(O)C(F)(F)F.O=C(O)C(F)(F)F. The van der Waals surface area contributed by atoms with E-state index in [-0.39, 0.29) is 35.4 Å². The van der Waals surface area contributed by atoms with E-state index in [1.807, 2.05) is 0 Å². The van der Waals surface area contributed by atoms with E-state index in [9.17, 15) is 45.5 Å². The van der Waals surface area contributed by atoms with E-state index in [2.05, 4.69) is 10.2 Å². The third kappa shape index (κ3) is 12.9. The van der Waals surface area contributed by atoms with E-state index >= 15 is 0 Å². The molecular weight excluding hydrogens is 704 g/mol. The van der Waals surface area contributed by atoms with Gasteiger partial charge in [-0.05, 0) is 68.8 Å². The van der Waals surface area contributed by atoms with Gasteiger partial charge in [-0.1, -0.05) is 0 Å². The Hall–Kier alpha value is -4.66. The first kappa shape index (κ1) is 42.5. The minimum absolute atomic E-state index is 0.00858. The van der Waals surface area contributed by atoms with Gasteiger partial charge in [-0.15, -0.1) is 0 Å². The molecule has 1 aliphatic carbocycles. The number of nitrogens with zero attached hydrogens (tertiary/aromatic N) is 3. The smallest absolute Gasteiger partial charge is 0.478 e. The van der Waals surface area contributed by atoms with Crippen molar-refractivity contribution in [3.8, 4) is 0 Å². The number of halogens is 6. The number of carboxylic acids is 3. The van der Waals surface area contributed by atoms with E-state index in [4.69, 9.17) is 35.4 Å². The number of aromatic carboxylic acids is 1. The first-order chi connectivity index (χ1) is 23.7. The lowest BCUT2D eigenvalue weighted by molar-refractivity contribution is -0.193. The Kier molecular flexibility index (Phi) is 15.5. The Bertz CT molecular complexity index is 1350. The number of likely N-dealkylation sites (tertiary alicyclic amines) is 1. The molecular formula is C30H39F6N5O10. The zero-order valence-corrected chi connectivity index (χ0v) is 27.3. The summed E-state index contributed by atoms with van der Waals surface area (Å²) in [6.45, 7) is 3.46. The second kappa shape index (κ2) is 18.5. The molecule has 6 N–H and O–H groups in total. The second-order valence-corrected chi connectivity index (χ2v) is 11.8. The number of amides is 3. The summed E-state index contributed by atoms with van der Waals surface area (Å²) >= 11 is 0. The third-order valence-electron chi connectivity index (χ3n) is 8.54. The summed E-state index contributed by atoms with van der Waals surface area (Å²) in [4.78, 5) is 73.5. The average molecular weight is 744 g/mol. The molecule has 2 atom stereocenters. The number of alkyl halides is 6. The Balaban J connectivity index is 0.000000543. The number of rotatable bonds is 6. The lowest BCUT2D eigenvalue weighted by Gasteiger charge is -2.37. The maximum Gasteiger partial charge on any atom is 0.490 e. The Labute approximate surface area is 287 Å². The first-order valence-electron chi connectivity index (χ1n) is 15.5. The molecule has 2 saturated heterocycles. The van der Waals surface area contributed by atoms with Crippen LogP contribution in [0.1, 0.15) is 42.5 Å². The number of nitrogens with one attached hydrogen (secondary N) is 1. The molecule has 0 radical (unpaired) electrons. The number of aliphatic carboxylic acids is 2. The molecule has 0 bridgehead atoms.